The Morgan fingerprint density at radius 1 is 0.426 bits per heavy atom. The molecule has 9 aromatic rings. The average Bonchev–Trinajstić information content (AvgIpc) is 3.83. The molecule has 1 aliphatic rings. The van der Waals surface area contributed by atoms with Gasteiger partial charge in [-0.05, 0) is 47.5 Å². The van der Waals surface area contributed by atoms with Crippen LogP contribution in [0.1, 0.15) is 0 Å². The van der Waals surface area contributed by atoms with Crippen LogP contribution in [0.25, 0.3) is 74.3 Å². The summed E-state index contributed by atoms with van der Waals surface area (Å²) in [6.07, 6.45) is 0. The summed E-state index contributed by atoms with van der Waals surface area (Å²) in [5.74, 6) is 0. The first kappa shape index (κ1) is 26.6. The number of thiophene rings is 1. The Kier molecular flexibility index (Phi) is 5.95. The highest BCUT2D eigenvalue weighted by atomic mass is 32.1. The molecule has 2 nitrogen and oxygen atoms in total. The molecule has 0 bridgehead atoms. The van der Waals surface area contributed by atoms with E-state index in [2.05, 4.69) is 163 Å². The molecule has 220 valence electrons. The van der Waals surface area contributed by atoms with Crippen LogP contribution in [0.2, 0.25) is 0 Å². The summed E-state index contributed by atoms with van der Waals surface area (Å²) in [4.78, 5) is 8.93. The van der Waals surface area contributed by atoms with E-state index >= 15 is 0 Å². The lowest BCUT2D eigenvalue weighted by atomic mass is 10.00. The summed E-state index contributed by atoms with van der Waals surface area (Å²) in [6, 6.07) is 57.0. The molecule has 7 aromatic carbocycles. The van der Waals surface area contributed by atoms with Crippen molar-refractivity contribution in [3.05, 3.63) is 158 Å². The minimum absolute atomic E-state index is 1.07. The van der Waals surface area contributed by atoms with Crippen LogP contribution in [-0.2, 0) is 0 Å². The summed E-state index contributed by atoms with van der Waals surface area (Å²) >= 11 is 3.65. The maximum atomic E-state index is 5.20. The van der Waals surface area contributed by atoms with Crippen LogP contribution in [-0.4, -0.2) is 4.98 Å². The van der Waals surface area contributed by atoms with Gasteiger partial charge < -0.3 is 4.90 Å². The van der Waals surface area contributed by atoms with Gasteiger partial charge in [0.25, 0.3) is 0 Å². The third-order valence-corrected chi connectivity index (χ3v) is 11.5. The molecule has 0 atom stereocenters. The summed E-state index contributed by atoms with van der Waals surface area (Å²) in [7, 11) is 0. The first-order valence-corrected chi connectivity index (χ1v) is 17.4. The Bertz CT molecular complexity index is 2590. The van der Waals surface area contributed by atoms with Crippen molar-refractivity contribution in [3.8, 4) is 43.4 Å². The Hall–Kier alpha value is -5.55. The predicted octanol–water partition coefficient (Wildman–Crippen LogP) is 13.1. The lowest BCUT2D eigenvalue weighted by molar-refractivity contribution is 1.32. The molecular formula is C43H26N2S2. The van der Waals surface area contributed by atoms with Gasteiger partial charge in [0, 0.05) is 53.3 Å². The summed E-state index contributed by atoms with van der Waals surface area (Å²) < 4.78 is 2.60. The lowest BCUT2D eigenvalue weighted by Gasteiger charge is -2.28. The molecule has 0 unspecified atom stereocenters. The molecule has 0 aliphatic heterocycles. The lowest BCUT2D eigenvalue weighted by Crippen LogP contribution is -2.11. The van der Waals surface area contributed by atoms with E-state index in [9.17, 15) is 0 Å². The first-order valence-electron chi connectivity index (χ1n) is 15.8. The third kappa shape index (κ3) is 4.12. The number of thiazole rings is 1. The van der Waals surface area contributed by atoms with E-state index in [1.165, 1.54) is 75.0 Å². The number of aromatic nitrogens is 1. The Morgan fingerprint density at radius 2 is 1.11 bits per heavy atom. The number of benzene rings is 7. The van der Waals surface area contributed by atoms with Crippen molar-refractivity contribution in [1.82, 2.24) is 4.98 Å². The van der Waals surface area contributed by atoms with Gasteiger partial charge in [-0.2, -0.15) is 0 Å². The fourth-order valence-corrected chi connectivity index (χ4v) is 9.39. The van der Waals surface area contributed by atoms with Crippen molar-refractivity contribution < 1.29 is 0 Å². The number of anilines is 3. The van der Waals surface area contributed by atoms with Crippen LogP contribution >= 0.6 is 22.7 Å². The van der Waals surface area contributed by atoms with Gasteiger partial charge in [0.2, 0.25) is 0 Å². The first-order chi connectivity index (χ1) is 23.3. The van der Waals surface area contributed by atoms with E-state index in [1.807, 2.05) is 11.3 Å². The summed E-state index contributed by atoms with van der Waals surface area (Å²) in [5.41, 5.74) is 10.7. The Morgan fingerprint density at radius 3 is 1.94 bits per heavy atom. The zero-order chi connectivity index (χ0) is 30.9. The highest BCUT2D eigenvalue weighted by Gasteiger charge is 2.29. The molecule has 47 heavy (non-hydrogen) atoms. The number of hydrogen-bond acceptors (Lipinski definition) is 4. The number of nitrogens with zero attached hydrogens (tertiary/aromatic N) is 2. The quantitative estimate of drug-likeness (QED) is 0.187. The Balaban J connectivity index is 1.20. The number of fused-ring (bicyclic) bond motifs is 6. The van der Waals surface area contributed by atoms with Gasteiger partial charge in [-0.15, -0.1) is 22.7 Å². The van der Waals surface area contributed by atoms with Gasteiger partial charge in [-0.25, -0.2) is 4.98 Å². The van der Waals surface area contributed by atoms with Crippen molar-refractivity contribution in [1.29, 1.82) is 0 Å². The second kappa shape index (κ2) is 10.5. The fourth-order valence-electron chi connectivity index (χ4n) is 7.15. The molecule has 10 rings (SSSR count). The standard InChI is InChI=1S/C43H26N2S2/c1-3-11-27(12-4-1)28-21-23-30(24-22-28)45(36-18-10-20-38-40(36)32-15-7-8-19-37(32)46-38)35-26-25-34-39-31(35)16-9-17-33(39)41-42(34)47-43(44-41)29-13-5-2-6-14-29/h1-26H. The van der Waals surface area contributed by atoms with Crippen LogP contribution in [0.3, 0.4) is 0 Å². The van der Waals surface area contributed by atoms with Gasteiger partial charge >= 0.3 is 0 Å². The van der Waals surface area contributed by atoms with Crippen LogP contribution in [0.15, 0.2) is 158 Å². The SMILES string of the molecule is c1ccc(-c2ccc(N(c3ccc4c5c(cccc35)-c3nc(-c5ccccc5)sc3-4)c3cccc4sc5ccccc5c34)cc2)cc1. The van der Waals surface area contributed by atoms with E-state index in [0.717, 1.165) is 16.4 Å². The van der Waals surface area contributed by atoms with Crippen LogP contribution in [0.5, 0.6) is 0 Å². The zero-order valence-electron chi connectivity index (χ0n) is 25.2. The molecule has 0 spiro atoms. The Labute approximate surface area is 280 Å². The topological polar surface area (TPSA) is 16.1 Å². The van der Waals surface area contributed by atoms with Crippen LogP contribution in [0, 0.1) is 0 Å². The second-order valence-electron chi connectivity index (χ2n) is 11.9. The molecule has 0 radical (unpaired) electrons. The molecule has 0 saturated carbocycles. The van der Waals surface area contributed by atoms with E-state index in [1.54, 1.807) is 11.3 Å². The number of hydrogen-bond donors (Lipinski definition) is 0. The highest BCUT2D eigenvalue weighted by Crippen LogP contribution is 2.54. The van der Waals surface area contributed by atoms with Gasteiger partial charge in [-0.3, -0.25) is 0 Å². The van der Waals surface area contributed by atoms with Crippen LogP contribution < -0.4 is 4.90 Å². The smallest absolute Gasteiger partial charge is 0.124 e. The van der Waals surface area contributed by atoms with E-state index in [4.69, 9.17) is 4.98 Å². The van der Waals surface area contributed by atoms with Crippen molar-refractivity contribution in [2.45, 2.75) is 0 Å². The summed E-state index contributed by atoms with van der Waals surface area (Å²) in [5, 5.41) is 6.16. The second-order valence-corrected chi connectivity index (χ2v) is 14.0. The van der Waals surface area contributed by atoms with Crippen molar-refractivity contribution in [3.63, 3.8) is 0 Å². The zero-order valence-corrected chi connectivity index (χ0v) is 26.9. The minimum Gasteiger partial charge on any atom is -0.309 e. The fraction of sp³-hybridized carbons (Fsp3) is 0. The average molecular weight is 635 g/mol. The van der Waals surface area contributed by atoms with Crippen molar-refractivity contribution in [2.75, 3.05) is 4.90 Å². The molecule has 2 heterocycles. The minimum atomic E-state index is 1.07. The molecule has 2 aromatic heterocycles. The van der Waals surface area contributed by atoms with E-state index in [-0.39, 0.29) is 0 Å². The van der Waals surface area contributed by atoms with Gasteiger partial charge in [0.05, 0.1) is 21.9 Å². The maximum absolute atomic E-state index is 5.20. The van der Waals surface area contributed by atoms with Crippen molar-refractivity contribution >= 4 is 70.7 Å². The molecule has 4 heteroatoms. The highest BCUT2D eigenvalue weighted by molar-refractivity contribution is 7.26. The molecule has 0 saturated heterocycles. The molecule has 0 N–H and O–H groups in total. The van der Waals surface area contributed by atoms with Gasteiger partial charge in [-0.1, -0.05) is 121 Å². The third-order valence-electron chi connectivity index (χ3n) is 9.26. The normalized spacial score (nSPS) is 11.8. The van der Waals surface area contributed by atoms with Gasteiger partial charge in [0.1, 0.15) is 5.01 Å². The van der Waals surface area contributed by atoms with Crippen LogP contribution in [0.4, 0.5) is 17.1 Å². The number of rotatable bonds is 5. The van der Waals surface area contributed by atoms with E-state index < -0.39 is 0 Å². The maximum Gasteiger partial charge on any atom is 0.124 e. The predicted molar refractivity (Wildman–Crippen MR) is 202 cm³/mol. The largest absolute Gasteiger partial charge is 0.309 e. The van der Waals surface area contributed by atoms with Crippen molar-refractivity contribution in [2.24, 2.45) is 0 Å². The monoisotopic (exact) mass is 634 g/mol. The molecule has 0 amide bonds. The molecule has 0 fully saturated rings. The van der Waals surface area contributed by atoms with E-state index in [0.29, 0.717) is 0 Å². The summed E-state index contributed by atoms with van der Waals surface area (Å²) in [6.45, 7) is 0. The molecular weight excluding hydrogens is 609 g/mol. The van der Waals surface area contributed by atoms with Gasteiger partial charge in [0.15, 0.2) is 0 Å². The molecule has 1 aliphatic carbocycles.